The summed E-state index contributed by atoms with van der Waals surface area (Å²) in [6.45, 7) is 1.77. The Balaban J connectivity index is 1.62. The van der Waals surface area contributed by atoms with E-state index in [4.69, 9.17) is 0 Å². The zero-order chi connectivity index (χ0) is 18.0. The van der Waals surface area contributed by atoms with Crippen molar-refractivity contribution in [3.63, 3.8) is 0 Å². The summed E-state index contributed by atoms with van der Waals surface area (Å²) in [5.74, 6) is -0.827. The maximum atomic E-state index is 13.9. The van der Waals surface area contributed by atoms with Gasteiger partial charge in [-0.3, -0.25) is 4.99 Å². The minimum Gasteiger partial charge on any atom is -0.353 e. The van der Waals surface area contributed by atoms with E-state index in [1.165, 1.54) is 18.2 Å². The normalized spacial score (nSPS) is 20.9. The first-order chi connectivity index (χ1) is 12.0. The molecule has 25 heavy (non-hydrogen) atoms. The topological polar surface area (TPSA) is 36.4 Å². The summed E-state index contributed by atoms with van der Waals surface area (Å²) in [7, 11) is 1.61. The summed E-state index contributed by atoms with van der Waals surface area (Å²) in [6, 6.07) is 9.91. The molecule has 3 unspecified atom stereocenters. The van der Waals surface area contributed by atoms with Crippen LogP contribution in [0.5, 0.6) is 0 Å². The van der Waals surface area contributed by atoms with Gasteiger partial charge in [-0.2, -0.15) is 0 Å². The van der Waals surface area contributed by atoms with Gasteiger partial charge in [0.2, 0.25) is 0 Å². The molecule has 0 heterocycles. The van der Waals surface area contributed by atoms with Crippen LogP contribution < -0.4 is 10.6 Å². The van der Waals surface area contributed by atoms with Crippen molar-refractivity contribution in [2.75, 3.05) is 7.05 Å². The van der Waals surface area contributed by atoms with Gasteiger partial charge in [-0.15, -0.1) is 0 Å². The molecule has 1 saturated carbocycles. The first-order valence-corrected chi connectivity index (χ1v) is 8.19. The largest absolute Gasteiger partial charge is 0.353 e. The number of hydrogen-bond donors (Lipinski definition) is 2. The molecule has 0 radical (unpaired) electrons. The van der Waals surface area contributed by atoms with Gasteiger partial charge >= 0.3 is 0 Å². The Bertz CT molecular complexity index is 791. The molecule has 0 spiro atoms. The third kappa shape index (κ3) is 3.95. The van der Waals surface area contributed by atoms with E-state index in [1.807, 2.05) is 6.07 Å². The van der Waals surface area contributed by atoms with Gasteiger partial charge in [-0.05, 0) is 31.0 Å². The van der Waals surface area contributed by atoms with E-state index >= 15 is 0 Å². The van der Waals surface area contributed by atoms with Crippen molar-refractivity contribution >= 4 is 5.96 Å². The molecule has 0 aliphatic heterocycles. The smallest absolute Gasteiger partial charge is 0.191 e. The van der Waals surface area contributed by atoms with E-state index in [0.29, 0.717) is 17.1 Å². The van der Waals surface area contributed by atoms with Crippen molar-refractivity contribution in [3.05, 3.63) is 71.0 Å². The molecule has 2 N–H and O–H groups in total. The third-order valence-electron chi connectivity index (χ3n) is 4.42. The minimum absolute atomic E-state index is 0.0772. The molecule has 1 fully saturated rings. The second-order valence-corrected chi connectivity index (χ2v) is 6.22. The Morgan fingerprint density at radius 1 is 1.12 bits per heavy atom. The number of nitrogens with one attached hydrogen (secondary N) is 2. The Kier molecular flexibility index (Phi) is 4.97. The number of benzene rings is 2. The van der Waals surface area contributed by atoms with Crippen LogP contribution in [0.4, 0.5) is 13.2 Å². The van der Waals surface area contributed by atoms with Gasteiger partial charge in [0.05, 0.1) is 6.04 Å². The fourth-order valence-electron chi connectivity index (χ4n) is 2.96. The Morgan fingerprint density at radius 2 is 1.88 bits per heavy atom. The molecule has 3 atom stereocenters. The van der Waals surface area contributed by atoms with Crippen LogP contribution in [-0.2, 0) is 0 Å². The molecule has 1 aliphatic rings. The second kappa shape index (κ2) is 7.17. The van der Waals surface area contributed by atoms with Crippen LogP contribution in [0.25, 0.3) is 0 Å². The lowest BCUT2D eigenvalue weighted by atomic mass is 10.1. The number of guanidine groups is 1. The summed E-state index contributed by atoms with van der Waals surface area (Å²) in [5, 5.41) is 6.31. The Morgan fingerprint density at radius 3 is 2.56 bits per heavy atom. The standard InChI is InChI=1S/C19H20F3N3/c1-11(13-8-7-12(20)9-17(13)22)24-19(23-2)25-18-10-15(18)14-5-3-4-6-16(14)21/h3-9,11,15,18H,10H2,1-2H3,(H2,23,24,25). The zero-order valence-corrected chi connectivity index (χ0v) is 14.1. The first kappa shape index (κ1) is 17.3. The molecule has 3 nitrogen and oxygen atoms in total. The van der Waals surface area contributed by atoms with Gasteiger partial charge in [-0.1, -0.05) is 24.3 Å². The summed E-state index contributed by atoms with van der Waals surface area (Å²) in [6.07, 6.45) is 0.806. The average molecular weight is 347 g/mol. The van der Waals surface area contributed by atoms with Crippen LogP contribution in [0.1, 0.15) is 36.4 Å². The number of halogens is 3. The van der Waals surface area contributed by atoms with Crippen LogP contribution >= 0.6 is 0 Å². The van der Waals surface area contributed by atoms with E-state index in [0.717, 1.165) is 12.5 Å². The first-order valence-electron chi connectivity index (χ1n) is 8.19. The van der Waals surface area contributed by atoms with Crippen LogP contribution in [-0.4, -0.2) is 19.0 Å². The number of nitrogens with zero attached hydrogens (tertiary/aromatic N) is 1. The van der Waals surface area contributed by atoms with Gasteiger partial charge in [-0.25, -0.2) is 13.2 Å². The van der Waals surface area contributed by atoms with Crippen molar-refractivity contribution in [3.8, 4) is 0 Å². The fraction of sp³-hybridized carbons (Fsp3) is 0.316. The van der Waals surface area contributed by atoms with Crippen LogP contribution in [0.15, 0.2) is 47.5 Å². The van der Waals surface area contributed by atoms with Crippen molar-refractivity contribution in [1.29, 1.82) is 0 Å². The van der Waals surface area contributed by atoms with Gasteiger partial charge in [0.15, 0.2) is 5.96 Å². The molecule has 0 aromatic heterocycles. The number of rotatable bonds is 4. The highest BCUT2D eigenvalue weighted by Crippen LogP contribution is 2.41. The predicted octanol–water partition coefficient (Wildman–Crippen LogP) is 3.89. The number of hydrogen-bond acceptors (Lipinski definition) is 1. The highest BCUT2D eigenvalue weighted by Gasteiger charge is 2.40. The summed E-state index contributed by atoms with van der Waals surface area (Å²) in [4.78, 5) is 4.14. The Labute approximate surface area is 145 Å². The maximum Gasteiger partial charge on any atom is 0.191 e. The van der Waals surface area contributed by atoms with Crippen LogP contribution in [0.2, 0.25) is 0 Å². The van der Waals surface area contributed by atoms with E-state index < -0.39 is 17.7 Å². The lowest BCUT2D eigenvalue weighted by Crippen LogP contribution is -2.40. The monoisotopic (exact) mass is 347 g/mol. The molecule has 2 aromatic carbocycles. The van der Waals surface area contributed by atoms with E-state index in [2.05, 4.69) is 15.6 Å². The zero-order valence-electron chi connectivity index (χ0n) is 14.1. The average Bonchev–Trinajstić information content (AvgIpc) is 3.33. The molecular weight excluding hydrogens is 327 g/mol. The quantitative estimate of drug-likeness (QED) is 0.650. The maximum absolute atomic E-state index is 13.9. The highest BCUT2D eigenvalue weighted by molar-refractivity contribution is 5.81. The SMILES string of the molecule is CN=C(NC(C)c1ccc(F)cc1F)NC1CC1c1ccccc1F. The van der Waals surface area contributed by atoms with Crippen LogP contribution in [0, 0.1) is 17.5 Å². The molecule has 0 amide bonds. The predicted molar refractivity (Wildman–Crippen MR) is 91.9 cm³/mol. The molecule has 3 rings (SSSR count). The van der Waals surface area contributed by atoms with Crippen LogP contribution in [0.3, 0.4) is 0 Å². The fourth-order valence-corrected chi connectivity index (χ4v) is 2.96. The molecule has 0 saturated heterocycles. The Hall–Kier alpha value is -2.50. The van der Waals surface area contributed by atoms with E-state index in [9.17, 15) is 13.2 Å². The van der Waals surface area contributed by atoms with Crippen molar-refractivity contribution < 1.29 is 13.2 Å². The van der Waals surface area contributed by atoms with Gasteiger partial charge in [0.1, 0.15) is 17.5 Å². The molecule has 6 heteroatoms. The van der Waals surface area contributed by atoms with Gasteiger partial charge < -0.3 is 10.6 Å². The third-order valence-corrected chi connectivity index (χ3v) is 4.42. The molecule has 1 aliphatic carbocycles. The molecule has 2 aromatic rings. The lowest BCUT2D eigenvalue weighted by molar-refractivity contribution is 0.550. The molecule has 132 valence electrons. The number of aliphatic imine (C=N–C) groups is 1. The van der Waals surface area contributed by atoms with Crippen molar-refractivity contribution in [2.24, 2.45) is 4.99 Å². The minimum atomic E-state index is -0.610. The highest BCUT2D eigenvalue weighted by atomic mass is 19.1. The van der Waals surface area contributed by atoms with Crippen molar-refractivity contribution in [2.45, 2.75) is 31.3 Å². The molecule has 0 bridgehead atoms. The summed E-state index contributed by atoms with van der Waals surface area (Å²) >= 11 is 0. The summed E-state index contributed by atoms with van der Waals surface area (Å²) < 4.78 is 40.7. The molecular formula is C19H20F3N3. The van der Waals surface area contributed by atoms with Gasteiger partial charge in [0.25, 0.3) is 0 Å². The summed E-state index contributed by atoms with van der Waals surface area (Å²) in [5.41, 5.74) is 1.04. The lowest BCUT2D eigenvalue weighted by Gasteiger charge is -2.19. The van der Waals surface area contributed by atoms with Gasteiger partial charge in [0, 0.05) is 30.6 Å². The van der Waals surface area contributed by atoms with E-state index in [1.54, 1.807) is 26.1 Å². The second-order valence-electron chi connectivity index (χ2n) is 6.22. The van der Waals surface area contributed by atoms with E-state index in [-0.39, 0.29) is 17.8 Å². The van der Waals surface area contributed by atoms with Crippen molar-refractivity contribution in [1.82, 2.24) is 10.6 Å².